The van der Waals surface area contributed by atoms with Crippen LogP contribution in [0.25, 0.3) is 10.9 Å². The lowest BCUT2D eigenvalue weighted by molar-refractivity contribution is -0.140. The van der Waals surface area contributed by atoms with Crippen molar-refractivity contribution in [1.29, 1.82) is 0 Å². The van der Waals surface area contributed by atoms with Crippen molar-refractivity contribution >= 4 is 28.2 Å². The zero-order chi connectivity index (χ0) is 30.7. The van der Waals surface area contributed by atoms with E-state index in [1.54, 1.807) is 42.5 Å². The molecule has 2 unspecified atom stereocenters. The Labute approximate surface area is 243 Å². The minimum atomic E-state index is -4.46. The molecule has 2 aromatic carbocycles. The van der Waals surface area contributed by atoms with Crippen molar-refractivity contribution in [2.45, 2.75) is 57.7 Å². The van der Waals surface area contributed by atoms with Crippen LogP contribution in [0.1, 0.15) is 43.2 Å². The van der Waals surface area contributed by atoms with Crippen molar-refractivity contribution in [1.82, 2.24) is 14.8 Å². The highest BCUT2D eigenvalue weighted by atomic mass is 19.4. The lowest BCUT2D eigenvalue weighted by Gasteiger charge is -2.42. The molecule has 0 spiro atoms. The molecule has 4 rings (SSSR count). The minimum Gasteiger partial charge on any atom is -0.495 e. The Morgan fingerprint density at radius 2 is 1.88 bits per heavy atom. The van der Waals surface area contributed by atoms with Crippen molar-refractivity contribution in [2.24, 2.45) is 0 Å². The average molecular weight is 588 g/mol. The third kappa shape index (κ3) is 7.29. The number of carbonyl (C=O) groups excluding carboxylic acids is 1. The SMILES string of the molecule is CNC(=O)c1ccc(NCC#Cc2cc3c(NC4CCN(C(C)(C)C)CC4F)cccc3n2CC(F)(F)F)c(OC)c1. The largest absolute Gasteiger partial charge is 0.495 e. The van der Waals surface area contributed by atoms with E-state index in [-0.39, 0.29) is 30.2 Å². The van der Waals surface area contributed by atoms with Crippen LogP contribution in [-0.4, -0.2) is 73.1 Å². The predicted octanol–water partition coefficient (Wildman–Crippen LogP) is 5.66. The van der Waals surface area contributed by atoms with Crippen molar-refractivity contribution in [3.05, 3.63) is 53.7 Å². The van der Waals surface area contributed by atoms with Gasteiger partial charge in [-0.25, -0.2) is 4.39 Å². The molecule has 1 aromatic heterocycles. The monoisotopic (exact) mass is 587 g/mol. The number of benzene rings is 2. The molecule has 226 valence electrons. The summed E-state index contributed by atoms with van der Waals surface area (Å²) < 4.78 is 62.5. The second kappa shape index (κ2) is 12.5. The van der Waals surface area contributed by atoms with Crippen LogP contribution < -0.4 is 20.7 Å². The molecule has 0 bridgehead atoms. The fourth-order valence-electron chi connectivity index (χ4n) is 5.14. The number of aromatic nitrogens is 1. The van der Waals surface area contributed by atoms with Crippen LogP contribution in [-0.2, 0) is 6.54 Å². The zero-order valence-electron chi connectivity index (χ0n) is 24.5. The highest BCUT2D eigenvalue weighted by Gasteiger charge is 2.34. The number of rotatable bonds is 7. The second-order valence-corrected chi connectivity index (χ2v) is 11.3. The van der Waals surface area contributed by atoms with Crippen LogP contribution in [0.15, 0.2) is 42.5 Å². The van der Waals surface area contributed by atoms with E-state index in [1.807, 2.05) is 0 Å². The molecular formula is C31H37F4N5O2. The fraction of sp³-hybridized carbons (Fsp3) is 0.452. The number of fused-ring (bicyclic) bond motifs is 1. The summed E-state index contributed by atoms with van der Waals surface area (Å²) in [6, 6.07) is 11.1. The molecule has 0 aliphatic carbocycles. The van der Waals surface area contributed by atoms with E-state index >= 15 is 4.39 Å². The number of ether oxygens (including phenoxy) is 1. The van der Waals surface area contributed by atoms with Crippen molar-refractivity contribution in [3.63, 3.8) is 0 Å². The standard InChI is InChI=1S/C31H37F4N5O2/c1-30(2,3)39-15-13-25(23(32)18-39)38-24-9-6-10-27-22(24)17-21(40(27)19-31(33,34)35)8-7-14-37-26-12-11-20(29(41)36-4)16-28(26)42-5/h6,9-12,16-17,23,25,37-38H,13-15,18-19H2,1-5H3,(H,36,41). The number of nitrogens with one attached hydrogen (secondary N) is 3. The number of hydrogen-bond donors (Lipinski definition) is 3. The van der Waals surface area contributed by atoms with E-state index in [0.29, 0.717) is 40.0 Å². The van der Waals surface area contributed by atoms with E-state index in [4.69, 9.17) is 4.74 Å². The Kier molecular flexibility index (Phi) is 9.26. The maximum Gasteiger partial charge on any atom is 0.406 e. The Hall–Kier alpha value is -3.91. The molecule has 3 aromatic rings. The molecule has 7 nitrogen and oxygen atoms in total. The number of halogens is 4. The summed E-state index contributed by atoms with van der Waals surface area (Å²) in [6.45, 7) is 6.07. The number of piperidine rings is 1. The Bertz CT molecular complexity index is 1480. The molecular weight excluding hydrogens is 550 g/mol. The van der Waals surface area contributed by atoms with Crippen LogP contribution in [0, 0.1) is 11.8 Å². The highest BCUT2D eigenvalue weighted by molar-refractivity contribution is 5.95. The van der Waals surface area contributed by atoms with Gasteiger partial charge < -0.3 is 25.3 Å². The third-order valence-electron chi connectivity index (χ3n) is 7.39. The topological polar surface area (TPSA) is 70.6 Å². The molecule has 3 N–H and O–H groups in total. The van der Waals surface area contributed by atoms with Crippen LogP contribution in [0.2, 0.25) is 0 Å². The van der Waals surface area contributed by atoms with Gasteiger partial charge in [-0.3, -0.25) is 9.69 Å². The number of carbonyl (C=O) groups is 1. The summed E-state index contributed by atoms with van der Waals surface area (Å²) in [5, 5.41) is 9.45. The number of likely N-dealkylation sites (tertiary alicyclic amines) is 1. The highest BCUT2D eigenvalue weighted by Crippen LogP contribution is 2.32. The van der Waals surface area contributed by atoms with Gasteiger partial charge in [-0.15, -0.1) is 0 Å². The van der Waals surface area contributed by atoms with Gasteiger partial charge in [0.15, 0.2) is 0 Å². The number of hydrogen-bond acceptors (Lipinski definition) is 5. The molecule has 1 saturated heterocycles. The Morgan fingerprint density at radius 1 is 1.12 bits per heavy atom. The molecule has 1 aliphatic heterocycles. The first-order chi connectivity index (χ1) is 19.8. The molecule has 1 fully saturated rings. The van der Waals surface area contributed by atoms with Crippen molar-refractivity contribution in [3.8, 4) is 17.6 Å². The molecule has 1 aliphatic rings. The molecule has 1 amide bonds. The van der Waals surface area contributed by atoms with Crippen molar-refractivity contribution < 1.29 is 27.1 Å². The van der Waals surface area contributed by atoms with Crippen LogP contribution in [0.4, 0.5) is 28.9 Å². The summed E-state index contributed by atoms with van der Waals surface area (Å²) >= 11 is 0. The maximum absolute atomic E-state index is 15.2. The quantitative estimate of drug-likeness (QED) is 0.246. The Morgan fingerprint density at radius 3 is 2.52 bits per heavy atom. The predicted molar refractivity (Wildman–Crippen MR) is 158 cm³/mol. The summed E-state index contributed by atoms with van der Waals surface area (Å²) in [5.74, 6) is 5.93. The molecule has 0 radical (unpaired) electrons. The summed E-state index contributed by atoms with van der Waals surface area (Å²) in [4.78, 5) is 14.0. The van der Waals surface area contributed by atoms with Gasteiger partial charge in [0.05, 0.1) is 36.6 Å². The molecule has 2 atom stereocenters. The van der Waals surface area contributed by atoms with Crippen LogP contribution in [0.5, 0.6) is 5.75 Å². The van der Waals surface area contributed by atoms with Gasteiger partial charge in [0.1, 0.15) is 18.5 Å². The lowest BCUT2D eigenvalue weighted by Crippen LogP contribution is -2.54. The normalized spacial score (nSPS) is 17.8. The number of amides is 1. The molecule has 11 heteroatoms. The fourth-order valence-corrected chi connectivity index (χ4v) is 5.14. The second-order valence-electron chi connectivity index (χ2n) is 11.3. The van der Waals surface area contributed by atoms with Gasteiger partial charge in [-0.2, -0.15) is 13.2 Å². The lowest BCUT2D eigenvalue weighted by atomic mass is 9.96. The number of anilines is 2. The number of methoxy groups -OCH3 is 1. The van der Waals surface area contributed by atoms with Gasteiger partial charge in [-0.1, -0.05) is 12.0 Å². The first kappa shape index (κ1) is 31.0. The van der Waals surface area contributed by atoms with Crippen LogP contribution >= 0.6 is 0 Å². The molecule has 2 heterocycles. The van der Waals surface area contributed by atoms with Crippen LogP contribution in [0.3, 0.4) is 0 Å². The van der Waals surface area contributed by atoms with Crippen molar-refractivity contribution in [2.75, 3.05) is 44.4 Å². The zero-order valence-corrected chi connectivity index (χ0v) is 24.5. The van der Waals surface area contributed by atoms with E-state index in [9.17, 15) is 18.0 Å². The van der Waals surface area contributed by atoms with Gasteiger partial charge >= 0.3 is 6.18 Å². The van der Waals surface area contributed by atoms with Gasteiger partial charge in [0.2, 0.25) is 0 Å². The smallest absolute Gasteiger partial charge is 0.406 e. The first-order valence-electron chi connectivity index (χ1n) is 13.8. The Balaban J connectivity index is 1.58. The number of alkyl halides is 4. The van der Waals surface area contributed by atoms with Gasteiger partial charge in [0.25, 0.3) is 5.91 Å². The molecule has 42 heavy (non-hydrogen) atoms. The summed E-state index contributed by atoms with van der Waals surface area (Å²) in [6.07, 6.45) is -5.02. The minimum absolute atomic E-state index is 0.115. The van der Waals surface area contributed by atoms with E-state index in [2.05, 4.69) is 53.5 Å². The van der Waals surface area contributed by atoms with Gasteiger partial charge in [-0.05, 0) is 69.5 Å². The van der Waals surface area contributed by atoms with E-state index < -0.39 is 24.9 Å². The molecule has 0 saturated carbocycles. The van der Waals surface area contributed by atoms with E-state index in [0.717, 1.165) is 11.1 Å². The summed E-state index contributed by atoms with van der Waals surface area (Å²) in [5.41, 5.74) is 1.99. The number of nitrogens with zero attached hydrogens (tertiary/aromatic N) is 2. The van der Waals surface area contributed by atoms with Gasteiger partial charge in [0, 0.05) is 42.3 Å². The third-order valence-corrected chi connectivity index (χ3v) is 7.39. The maximum atomic E-state index is 15.2. The average Bonchev–Trinajstić information content (AvgIpc) is 3.27. The summed E-state index contributed by atoms with van der Waals surface area (Å²) in [7, 11) is 3.00. The first-order valence-corrected chi connectivity index (χ1v) is 13.8. The van der Waals surface area contributed by atoms with E-state index in [1.165, 1.54) is 14.2 Å².